The van der Waals surface area contributed by atoms with Crippen LogP contribution in [0.25, 0.3) is 32.6 Å². The first-order valence-corrected chi connectivity index (χ1v) is 12.8. The van der Waals surface area contributed by atoms with Crippen LogP contribution in [0.4, 0.5) is 23.2 Å². The molecule has 5 aromatic rings. The molecular formula is C30H23F4N3O5. The van der Waals surface area contributed by atoms with Gasteiger partial charge in [-0.25, -0.2) is 13.6 Å². The zero-order valence-electron chi connectivity index (χ0n) is 22.3. The van der Waals surface area contributed by atoms with Gasteiger partial charge in [0.1, 0.15) is 11.5 Å². The van der Waals surface area contributed by atoms with Gasteiger partial charge in [-0.1, -0.05) is 41.6 Å². The fourth-order valence-corrected chi connectivity index (χ4v) is 4.96. The van der Waals surface area contributed by atoms with E-state index >= 15 is 0 Å². The van der Waals surface area contributed by atoms with Gasteiger partial charge in [0, 0.05) is 52.3 Å². The number of carbonyl (C=O) groups excluding carboxylic acids is 1. The Kier molecular flexibility index (Phi) is 7.55. The van der Waals surface area contributed by atoms with Crippen molar-refractivity contribution in [2.24, 2.45) is 5.16 Å². The maximum absolute atomic E-state index is 13.7. The highest BCUT2D eigenvalue weighted by molar-refractivity contribution is 6.22. The van der Waals surface area contributed by atoms with E-state index in [1.54, 1.807) is 42.5 Å². The Morgan fingerprint density at radius 1 is 1.00 bits per heavy atom. The highest BCUT2D eigenvalue weighted by Crippen LogP contribution is 2.40. The minimum absolute atomic E-state index is 0.00393. The van der Waals surface area contributed by atoms with Gasteiger partial charge in [-0.15, -0.1) is 0 Å². The van der Waals surface area contributed by atoms with Gasteiger partial charge in [0.2, 0.25) is 0 Å². The standard InChI is InChI=1S/C30H23F4N3O5/c1-3-36-24-13-12-18(14-22(24)23-15-25(37(39)40)19-8-4-5-9-20(19)28(23)36)27(35-42-17(2)38)21-10-6-7-11-26(21)41-16-30(33,34)29(31)32/h4-15,29H,3,16H2,1-2H3/b35-27+. The Hall–Kier alpha value is -5.00. The number of aryl methyl sites for hydroxylation is 1. The van der Waals surface area contributed by atoms with Crippen molar-refractivity contribution in [3.8, 4) is 5.75 Å². The van der Waals surface area contributed by atoms with Gasteiger partial charge < -0.3 is 14.1 Å². The molecule has 216 valence electrons. The molecule has 0 spiro atoms. The number of oxime groups is 1. The van der Waals surface area contributed by atoms with Crippen LogP contribution in [0.15, 0.2) is 78.0 Å². The molecule has 0 saturated heterocycles. The summed E-state index contributed by atoms with van der Waals surface area (Å²) in [5, 5.41) is 18.3. The summed E-state index contributed by atoms with van der Waals surface area (Å²) < 4.78 is 60.0. The summed E-state index contributed by atoms with van der Waals surface area (Å²) in [7, 11) is 0. The van der Waals surface area contributed by atoms with Crippen LogP contribution in [-0.2, 0) is 16.2 Å². The lowest BCUT2D eigenvalue weighted by Crippen LogP contribution is -2.34. The average Bonchev–Trinajstić information content (AvgIpc) is 3.29. The molecule has 0 aliphatic rings. The van der Waals surface area contributed by atoms with E-state index in [1.807, 2.05) is 17.6 Å². The summed E-state index contributed by atoms with van der Waals surface area (Å²) in [5.41, 5.74) is 1.91. The van der Waals surface area contributed by atoms with E-state index in [0.717, 1.165) is 18.0 Å². The topological polar surface area (TPSA) is 96.0 Å². The number of halogens is 4. The van der Waals surface area contributed by atoms with Gasteiger partial charge in [-0.3, -0.25) is 10.1 Å². The number of alkyl halides is 4. The molecule has 4 aromatic carbocycles. The van der Waals surface area contributed by atoms with E-state index in [-0.39, 0.29) is 22.7 Å². The first kappa shape index (κ1) is 28.5. The van der Waals surface area contributed by atoms with Crippen LogP contribution < -0.4 is 4.74 Å². The largest absolute Gasteiger partial charge is 0.486 e. The van der Waals surface area contributed by atoms with Crippen LogP contribution in [0, 0.1) is 10.1 Å². The minimum atomic E-state index is -4.40. The van der Waals surface area contributed by atoms with Crippen LogP contribution >= 0.6 is 0 Å². The van der Waals surface area contributed by atoms with Gasteiger partial charge in [0.05, 0.1) is 15.8 Å². The van der Waals surface area contributed by atoms with E-state index < -0.39 is 29.8 Å². The third kappa shape index (κ3) is 5.11. The quantitative estimate of drug-likeness (QED) is 0.0592. The maximum Gasteiger partial charge on any atom is 0.340 e. The Morgan fingerprint density at radius 2 is 1.69 bits per heavy atom. The molecule has 0 bridgehead atoms. The molecule has 0 fully saturated rings. The third-order valence-electron chi connectivity index (χ3n) is 6.78. The minimum Gasteiger partial charge on any atom is -0.486 e. The van der Waals surface area contributed by atoms with E-state index in [0.29, 0.717) is 33.7 Å². The van der Waals surface area contributed by atoms with Gasteiger partial charge in [-0.05, 0) is 37.3 Å². The number of nitro groups is 1. The molecule has 0 radical (unpaired) electrons. The molecule has 12 heteroatoms. The molecule has 5 rings (SSSR count). The number of nitro benzene ring substituents is 1. The lowest BCUT2D eigenvalue weighted by molar-refractivity contribution is -0.382. The molecule has 0 N–H and O–H groups in total. The molecule has 0 aliphatic carbocycles. The molecule has 0 atom stereocenters. The highest BCUT2D eigenvalue weighted by atomic mass is 19.3. The number of non-ortho nitro benzene ring substituents is 1. The summed E-state index contributed by atoms with van der Waals surface area (Å²) in [6.45, 7) is 2.02. The van der Waals surface area contributed by atoms with E-state index in [1.165, 1.54) is 24.3 Å². The average molecular weight is 582 g/mol. The number of hydrogen-bond donors (Lipinski definition) is 0. The molecule has 1 aromatic heterocycles. The monoisotopic (exact) mass is 581 g/mol. The van der Waals surface area contributed by atoms with Crippen LogP contribution in [-0.4, -0.2) is 40.1 Å². The SMILES string of the molecule is CCn1c2ccc(/C(=N\OC(C)=O)c3ccccc3OCC(F)(F)C(F)F)cc2c2cc([N+](=O)[O-])c3ccccc3c21. The van der Waals surface area contributed by atoms with Crippen molar-refractivity contribution in [2.75, 3.05) is 6.61 Å². The van der Waals surface area contributed by atoms with Crippen molar-refractivity contribution in [1.29, 1.82) is 0 Å². The number of fused-ring (bicyclic) bond motifs is 5. The number of hydrogen-bond acceptors (Lipinski definition) is 6. The Labute approximate surface area is 235 Å². The van der Waals surface area contributed by atoms with Crippen molar-refractivity contribution in [3.63, 3.8) is 0 Å². The number of benzene rings is 4. The summed E-state index contributed by atoms with van der Waals surface area (Å²) in [6.07, 6.45) is -3.93. The number of nitrogens with zero attached hydrogens (tertiary/aromatic N) is 3. The van der Waals surface area contributed by atoms with Gasteiger partial charge in [-0.2, -0.15) is 8.78 Å². The maximum atomic E-state index is 13.7. The third-order valence-corrected chi connectivity index (χ3v) is 6.78. The number of aromatic nitrogens is 1. The second-order valence-electron chi connectivity index (χ2n) is 9.44. The van der Waals surface area contributed by atoms with Crippen molar-refractivity contribution >= 4 is 49.9 Å². The molecule has 0 saturated carbocycles. The summed E-state index contributed by atoms with van der Waals surface area (Å²) in [4.78, 5) is 28.2. The van der Waals surface area contributed by atoms with Gasteiger partial charge >= 0.3 is 18.3 Å². The van der Waals surface area contributed by atoms with Crippen LogP contribution in [0.3, 0.4) is 0 Å². The fourth-order valence-electron chi connectivity index (χ4n) is 4.96. The van der Waals surface area contributed by atoms with Crippen molar-refractivity contribution in [3.05, 3.63) is 94.0 Å². The Morgan fingerprint density at radius 3 is 2.36 bits per heavy atom. The summed E-state index contributed by atoms with van der Waals surface area (Å²) in [6, 6.07) is 19.4. The molecule has 42 heavy (non-hydrogen) atoms. The first-order valence-electron chi connectivity index (χ1n) is 12.8. The van der Waals surface area contributed by atoms with Crippen molar-refractivity contribution < 1.29 is 36.9 Å². The molecular weight excluding hydrogens is 558 g/mol. The molecule has 0 amide bonds. The smallest absolute Gasteiger partial charge is 0.340 e. The predicted octanol–water partition coefficient (Wildman–Crippen LogP) is 7.47. The van der Waals surface area contributed by atoms with E-state index in [2.05, 4.69) is 5.16 Å². The normalized spacial score (nSPS) is 12.4. The first-order chi connectivity index (χ1) is 20.0. The zero-order chi connectivity index (χ0) is 30.2. The summed E-state index contributed by atoms with van der Waals surface area (Å²) >= 11 is 0. The van der Waals surface area contributed by atoms with E-state index in [4.69, 9.17) is 9.57 Å². The van der Waals surface area contributed by atoms with Gasteiger partial charge in [0.25, 0.3) is 5.69 Å². The van der Waals surface area contributed by atoms with Gasteiger partial charge in [0.15, 0.2) is 6.61 Å². The molecule has 0 aliphatic heterocycles. The predicted molar refractivity (Wildman–Crippen MR) is 150 cm³/mol. The number of para-hydroxylation sites is 1. The molecule has 0 unspecified atom stereocenters. The number of rotatable bonds is 9. The Balaban J connectivity index is 1.74. The number of carbonyl (C=O) groups is 1. The lowest BCUT2D eigenvalue weighted by Gasteiger charge is -2.18. The van der Waals surface area contributed by atoms with Crippen molar-refractivity contribution in [2.45, 2.75) is 32.7 Å². The molecule has 1 heterocycles. The number of ether oxygens (including phenoxy) is 1. The van der Waals surface area contributed by atoms with E-state index in [9.17, 15) is 32.5 Å². The Bertz CT molecular complexity index is 1880. The van der Waals surface area contributed by atoms with Crippen LogP contribution in [0.1, 0.15) is 25.0 Å². The highest BCUT2D eigenvalue weighted by Gasteiger charge is 2.42. The lowest BCUT2D eigenvalue weighted by atomic mass is 9.98. The zero-order valence-corrected chi connectivity index (χ0v) is 22.3. The summed E-state index contributed by atoms with van der Waals surface area (Å²) in [5.74, 6) is -5.36. The second kappa shape index (κ2) is 11.1. The van der Waals surface area contributed by atoms with Crippen LogP contribution in [0.5, 0.6) is 5.75 Å². The second-order valence-corrected chi connectivity index (χ2v) is 9.44. The van der Waals surface area contributed by atoms with Crippen LogP contribution in [0.2, 0.25) is 0 Å². The molecule has 8 nitrogen and oxygen atoms in total. The van der Waals surface area contributed by atoms with Crippen molar-refractivity contribution in [1.82, 2.24) is 4.57 Å². The fraction of sp³-hybridized carbons (Fsp3) is 0.200.